The SMILES string of the molecule is Cc1cc(NC2CCC(NC(=O)c3csc([N+](=O)[O-])c3)CC2)nc2ccccc12. The van der Waals surface area contributed by atoms with Crippen LogP contribution in [0.5, 0.6) is 0 Å². The summed E-state index contributed by atoms with van der Waals surface area (Å²) in [5, 5.41) is 20.0. The predicted molar refractivity (Wildman–Crippen MR) is 115 cm³/mol. The number of carbonyl (C=O) groups excluding carboxylic acids is 1. The average Bonchev–Trinajstić information content (AvgIpc) is 3.20. The van der Waals surface area contributed by atoms with Gasteiger partial charge in [-0.3, -0.25) is 14.9 Å². The number of thiophene rings is 1. The van der Waals surface area contributed by atoms with Crippen LogP contribution in [-0.4, -0.2) is 27.9 Å². The molecule has 2 heterocycles. The van der Waals surface area contributed by atoms with Crippen LogP contribution in [0, 0.1) is 17.0 Å². The average molecular weight is 410 g/mol. The fourth-order valence-corrected chi connectivity index (χ4v) is 4.53. The molecule has 2 aromatic heterocycles. The Labute approximate surface area is 172 Å². The molecule has 29 heavy (non-hydrogen) atoms. The summed E-state index contributed by atoms with van der Waals surface area (Å²) in [4.78, 5) is 27.4. The number of pyridine rings is 1. The molecule has 7 nitrogen and oxygen atoms in total. The highest BCUT2D eigenvalue weighted by atomic mass is 32.1. The molecule has 8 heteroatoms. The number of hydrogen-bond acceptors (Lipinski definition) is 6. The standard InChI is InChI=1S/C21H22N4O3S/c1-13-10-19(24-18-5-3-2-4-17(13)18)22-15-6-8-16(9-7-15)23-21(26)14-11-20(25(27)28)29-12-14/h2-5,10-12,15-16H,6-9H2,1H3,(H,22,24)(H,23,26). The van der Waals surface area contributed by atoms with Gasteiger partial charge in [-0.1, -0.05) is 29.5 Å². The number of nitro groups is 1. The summed E-state index contributed by atoms with van der Waals surface area (Å²) < 4.78 is 0. The van der Waals surface area contributed by atoms with Crippen LogP contribution in [0.2, 0.25) is 0 Å². The second-order valence-electron chi connectivity index (χ2n) is 7.44. The summed E-state index contributed by atoms with van der Waals surface area (Å²) in [6.45, 7) is 2.09. The molecule has 4 rings (SSSR count). The van der Waals surface area contributed by atoms with Gasteiger partial charge in [0.15, 0.2) is 0 Å². The Morgan fingerprint density at radius 1 is 1.17 bits per heavy atom. The number of aromatic nitrogens is 1. The topological polar surface area (TPSA) is 97.2 Å². The van der Waals surface area contributed by atoms with Gasteiger partial charge in [0, 0.05) is 28.9 Å². The second-order valence-corrected chi connectivity index (χ2v) is 8.33. The normalized spacial score (nSPS) is 19.1. The first-order chi connectivity index (χ1) is 14.0. The zero-order chi connectivity index (χ0) is 20.4. The van der Waals surface area contributed by atoms with Crippen LogP contribution >= 0.6 is 11.3 Å². The third-order valence-corrected chi connectivity index (χ3v) is 6.25. The molecule has 0 atom stereocenters. The molecule has 1 aromatic carbocycles. The summed E-state index contributed by atoms with van der Waals surface area (Å²) >= 11 is 0.975. The van der Waals surface area contributed by atoms with E-state index in [1.807, 2.05) is 18.2 Å². The van der Waals surface area contributed by atoms with Crippen molar-refractivity contribution in [1.82, 2.24) is 10.3 Å². The summed E-state index contributed by atoms with van der Waals surface area (Å²) in [6, 6.07) is 11.9. The predicted octanol–water partition coefficient (Wildman–Crippen LogP) is 4.67. The number of nitrogens with one attached hydrogen (secondary N) is 2. The van der Waals surface area contributed by atoms with Crippen molar-refractivity contribution in [2.45, 2.75) is 44.7 Å². The summed E-state index contributed by atoms with van der Waals surface area (Å²) in [7, 11) is 0. The van der Waals surface area contributed by atoms with Gasteiger partial charge in [-0.25, -0.2) is 4.98 Å². The molecule has 1 aliphatic rings. The fourth-order valence-electron chi connectivity index (χ4n) is 3.82. The van der Waals surface area contributed by atoms with Gasteiger partial charge < -0.3 is 10.6 Å². The van der Waals surface area contributed by atoms with Crippen LogP contribution in [0.1, 0.15) is 41.6 Å². The van der Waals surface area contributed by atoms with Gasteiger partial charge in [0.25, 0.3) is 5.91 Å². The Bertz CT molecular complexity index is 1060. The van der Waals surface area contributed by atoms with Crippen molar-refractivity contribution in [3.05, 3.63) is 63.0 Å². The van der Waals surface area contributed by atoms with E-state index in [1.54, 1.807) is 0 Å². The van der Waals surface area contributed by atoms with E-state index in [4.69, 9.17) is 4.98 Å². The number of hydrogen-bond donors (Lipinski definition) is 2. The van der Waals surface area contributed by atoms with E-state index in [0.717, 1.165) is 53.7 Å². The van der Waals surface area contributed by atoms with E-state index in [9.17, 15) is 14.9 Å². The van der Waals surface area contributed by atoms with E-state index in [0.29, 0.717) is 11.6 Å². The molecule has 1 aliphatic carbocycles. The van der Waals surface area contributed by atoms with Crippen LogP contribution < -0.4 is 10.6 Å². The van der Waals surface area contributed by atoms with Crippen molar-refractivity contribution in [3.8, 4) is 0 Å². The number of fused-ring (bicyclic) bond motifs is 1. The third kappa shape index (κ3) is 4.37. The maximum atomic E-state index is 12.3. The molecule has 150 valence electrons. The van der Waals surface area contributed by atoms with Crippen molar-refractivity contribution in [3.63, 3.8) is 0 Å². The van der Waals surface area contributed by atoms with E-state index >= 15 is 0 Å². The first kappa shape index (κ1) is 19.3. The number of carbonyl (C=O) groups is 1. The number of aryl methyl sites for hydroxylation is 1. The molecule has 0 saturated heterocycles. The smallest absolute Gasteiger partial charge is 0.324 e. The Morgan fingerprint density at radius 2 is 1.90 bits per heavy atom. The van der Waals surface area contributed by atoms with E-state index in [2.05, 4.69) is 29.7 Å². The van der Waals surface area contributed by atoms with Crippen LogP contribution in [0.4, 0.5) is 10.8 Å². The van der Waals surface area contributed by atoms with Gasteiger partial charge in [-0.2, -0.15) is 0 Å². The first-order valence-corrected chi connectivity index (χ1v) is 10.5. The van der Waals surface area contributed by atoms with E-state index in [-0.39, 0.29) is 17.0 Å². The van der Waals surface area contributed by atoms with Crippen molar-refractivity contribution in [2.75, 3.05) is 5.32 Å². The third-order valence-electron chi connectivity index (χ3n) is 5.37. The molecule has 1 amide bonds. The highest BCUT2D eigenvalue weighted by molar-refractivity contribution is 7.13. The first-order valence-electron chi connectivity index (χ1n) is 9.66. The maximum Gasteiger partial charge on any atom is 0.324 e. The lowest BCUT2D eigenvalue weighted by Crippen LogP contribution is -2.40. The van der Waals surface area contributed by atoms with Crippen LogP contribution in [0.25, 0.3) is 10.9 Å². The van der Waals surface area contributed by atoms with Gasteiger partial charge in [0.2, 0.25) is 0 Å². The van der Waals surface area contributed by atoms with Gasteiger partial charge in [0.1, 0.15) is 5.82 Å². The molecule has 1 saturated carbocycles. The van der Waals surface area contributed by atoms with Gasteiger partial charge in [-0.15, -0.1) is 0 Å². The van der Waals surface area contributed by atoms with E-state index < -0.39 is 4.92 Å². The minimum absolute atomic E-state index is 0.0127. The van der Waals surface area contributed by atoms with Crippen molar-refractivity contribution in [1.29, 1.82) is 0 Å². The van der Waals surface area contributed by atoms with Gasteiger partial charge in [0.05, 0.1) is 16.0 Å². The number of anilines is 1. The number of para-hydroxylation sites is 1. The number of nitrogens with zero attached hydrogens (tertiary/aromatic N) is 2. The van der Waals surface area contributed by atoms with E-state index in [1.165, 1.54) is 17.0 Å². The largest absolute Gasteiger partial charge is 0.367 e. The number of benzene rings is 1. The molecule has 0 bridgehead atoms. The molecule has 0 aliphatic heterocycles. The quantitative estimate of drug-likeness (QED) is 0.471. The zero-order valence-corrected chi connectivity index (χ0v) is 16.9. The maximum absolute atomic E-state index is 12.3. The second kappa shape index (κ2) is 8.16. The molecular formula is C21H22N4O3S. The molecule has 1 fully saturated rings. The minimum Gasteiger partial charge on any atom is -0.367 e. The molecule has 0 unspecified atom stereocenters. The molecule has 0 radical (unpaired) electrons. The van der Waals surface area contributed by atoms with Crippen molar-refractivity contribution < 1.29 is 9.72 Å². The molecule has 3 aromatic rings. The van der Waals surface area contributed by atoms with Crippen molar-refractivity contribution >= 4 is 39.0 Å². The monoisotopic (exact) mass is 410 g/mol. The number of rotatable bonds is 5. The lowest BCUT2D eigenvalue weighted by atomic mass is 9.91. The van der Waals surface area contributed by atoms with Gasteiger partial charge in [-0.05, 0) is 50.3 Å². The lowest BCUT2D eigenvalue weighted by molar-refractivity contribution is -0.380. The summed E-state index contributed by atoms with van der Waals surface area (Å²) in [6.07, 6.45) is 3.59. The van der Waals surface area contributed by atoms with Crippen LogP contribution in [-0.2, 0) is 0 Å². The molecule has 2 N–H and O–H groups in total. The van der Waals surface area contributed by atoms with Crippen molar-refractivity contribution in [2.24, 2.45) is 0 Å². The highest BCUT2D eigenvalue weighted by Gasteiger charge is 2.24. The lowest BCUT2D eigenvalue weighted by Gasteiger charge is -2.30. The Kier molecular flexibility index (Phi) is 5.44. The minimum atomic E-state index is -0.471. The fraction of sp³-hybridized carbons (Fsp3) is 0.333. The Morgan fingerprint density at radius 3 is 2.62 bits per heavy atom. The summed E-state index contributed by atoms with van der Waals surface area (Å²) in [5.74, 6) is 0.650. The van der Waals surface area contributed by atoms with Crippen LogP contribution in [0.3, 0.4) is 0 Å². The highest BCUT2D eigenvalue weighted by Crippen LogP contribution is 2.26. The number of amides is 1. The Hall–Kier alpha value is -3.00. The molecular weight excluding hydrogens is 388 g/mol. The zero-order valence-electron chi connectivity index (χ0n) is 16.1. The van der Waals surface area contributed by atoms with Crippen LogP contribution in [0.15, 0.2) is 41.8 Å². The Balaban J connectivity index is 1.32. The van der Waals surface area contributed by atoms with Gasteiger partial charge >= 0.3 is 5.00 Å². The summed E-state index contributed by atoms with van der Waals surface area (Å²) in [5.41, 5.74) is 2.54. The molecule has 0 spiro atoms.